The van der Waals surface area contributed by atoms with Crippen molar-refractivity contribution in [2.24, 2.45) is 10.9 Å². The van der Waals surface area contributed by atoms with Gasteiger partial charge in [-0.05, 0) is 56.0 Å². The van der Waals surface area contributed by atoms with Gasteiger partial charge in [-0.25, -0.2) is 14.1 Å². The Kier molecular flexibility index (Phi) is 4.97. The lowest BCUT2D eigenvalue weighted by atomic mass is 9.70. The molecule has 5 nitrogen and oxygen atoms in total. The van der Waals surface area contributed by atoms with Crippen LogP contribution in [0.25, 0.3) is 11.3 Å². The van der Waals surface area contributed by atoms with Crippen LogP contribution in [-0.2, 0) is 11.3 Å². The predicted octanol–water partition coefficient (Wildman–Crippen LogP) is 3.67. The van der Waals surface area contributed by atoms with Gasteiger partial charge < -0.3 is 5.32 Å². The summed E-state index contributed by atoms with van der Waals surface area (Å²) < 4.78 is 16.3. The van der Waals surface area contributed by atoms with Crippen LogP contribution < -0.4 is 5.32 Å². The van der Waals surface area contributed by atoms with Gasteiger partial charge in [0.2, 0.25) is 5.91 Å². The Morgan fingerprint density at radius 3 is 2.76 bits per heavy atom. The van der Waals surface area contributed by atoms with Crippen molar-refractivity contribution in [3.63, 3.8) is 0 Å². The number of halogens is 1. The molecule has 0 atom stereocenters. The molecule has 3 rings (SSSR count). The third-order valence-electron chi connectivity index (χ3n) is 4.95. The van der Waals surface area contributed by atoms with Crippen molar-refractivity contribution >= 4 is 18.4 Å². The highest BCUT2D eigenvalue weighted by atomic mass is 19.1. The minimum atomic E-state index is -0.274. The van der Waals surface area contributed by atoms with Crippen LogP contribution in [0.2, 0.25) is 0 Å². The largest absolute Gasteiger partial charge is 0.359 e. The van der Waals surface area contributed by atoms with E-state index >= 15 is 0 Å². The van der Waals surface area contributed by atoms with Gasteiger partial charge in [0, 0.05) is 31.6 Å². The summed E-state index contributed by atoms with van der Waals surface area (Å²) in [5.41, 5.74) is 2.04. The molecule has 0 unspecified atom stereocenters. The van der Waals surface area contributed by atoms with E-state index in [2.05, 4.69) is 22.1 Å². The van der Waals surface area contributed by atoms with Crippen LogP contribution in [0.15, 0.2) is 29.3 Å². The van der Waals surface area contributed by atoms with E-state index in [0.717, 1.165) is 18.4 Å². The predicted molar refractivity (Wildman–Crippen MR) is 96.7 cm³/mol. The molecule has 132 valence electrons. The average Bonchev–Trinajstić information content (AvgIpc) is 3.00. The Labute approximate surface area is 147 Å². The van der Waals surface area contributed by atoms with Gasteiger partial charge in [-0.2, -0.15) is 5.10 Å². The molecule has 0 aliphatic heterocycles. The number of aryl methyl sites for hydroxylation is 1. The van der Waals surface area contributed by atoms with E-state index in [1.165, 1.54) is 0 Å². The van der Waals surface area contributed by atoms with Gasteiger partial charge in [-0.3, -0.25) is 4.79 Å². The molecule has 1 fully saturated rings. The second-order valence-electron chi connectivity index (χ2n) is 6.51. The summed E-state index contributed by atoms with van der Waals surface area (Å²) in [7, 11) is 1.65. The van der Waals surface area contributed by atoms with Gasteiger partial charge in [-0.1, -0.05) is 6.07 Å². The van der Waals surface area contributed by atoms with Gasteiger partial charge in [0.05, 0.1) is 5.69 Å². The molecule has 1 amide bonds. The summed E-state index contributed by atoms with van der Waals surface area (Å²) >= 11 is 0. The smallest absolute Gasteiger partial charge is 0.220 e. The molecular formula is C19H23FN4O. The first-order chi connectivity index (χ1) is 12.0. The highest BCUT2D eigenvalue weighted by molar-refractivity contribution is 5.76. The number of nitrogens with one attached hydrogen (secondary N) is 1. The number of carbonyl (C=O) groups is 1. The summed E-state index contributed by atoms with van der Waals surface area (Å²) in [6.07, 6.45) is 2.42. The highest BCUT2D eigenvalue weighted by Crippen LogP contribution is 2.44. The van der Waals surface area contributed by atoms with E-state index < -0.39 is 0 Å². The Balaban J connectivity index is 1.73. The van der Waals surface area contributed by atoms with Crippen molar-refractivity contribution < 1.29 is 9.18 Å². The molecule has 0 bridgehead atoms. The Hall–Kier alpha value is -2.50. The maximum atomic E-state index is 14.6. The van der Waals surface area contributed by atoms with Gasteiger partial charge in [-0.15, -0.1) is 0 Å². The molecule has 1 saturated carbocycles. The van der Waals surface area contributed by atoms with Crippen LogP contribution in [-0.4, -0.2) is 29.5 Å². The quantitative estimate of drug-likeness (QED) is 0.814. The maximum absolute atomic E-state index is 14.6. The molecule has 1 aromatic heterocycles. The molecule has 1 heterocycles. The first-order valence-electron chi connectivity index (χ1n) is 8.60. The van der Waals surface area contributed by atoms with Crippen LogP contribution in [0.1, 0.15) is 37.7 Å². The molecular weight excluding hydrogens is 319 g/mol. The monoisotopic (exact) mass is 342 g/mol. The lowest BCUT2D eigenvalue weighted by Crippen LogP contribution is -2.28. The second kappa shape index (κ2) is 7.17. The van der Waals surface area contributed by atoms with E-state index in [0.29, 0.717) is 41.9 Å². The molecule has 6 heteroatoms. The minimum absolute atomic E-state index is 0.0723. The van der Waals surface area contributed by atoms with E-state index in [1.54, 1.807) is 29.9 Å². The van der Waals surface area contributed by atoms with Gasteiger partial charge in [0.25, 0.3) is 0 Å². The average molecular weight is 342 g/mol. The number of rotatable bonds is 6. The highest BCUT2D eigenvalue weighted by Gasteiger charge is 2.32. The summed E-state index contributed by atoms with van der Waals surface area (Å²) in [5.74, 6) is 1.16. The Morgan fingerprint density at radius 1 is 1.44 bits per heavy atom. The number of hydrogen-bond acceptors (Lipinski definition) is 3. The van der Waals surface area contributed by atoms with Crippen molar-refractivity contribution in [2.75, 3.05) is 7.05 Å². The normalized spacial score (nSPS) is 19.3. The zero-order chi connectivity index (χ0) is 18.0. The molecule has 2 aromatic rings. The van der Waals surface area contributed by atoms with Crippen LogP contribution in [0, 0.1) is 11.7 Å². The number of nitrogens with zero attached hydrogens (tertiary/aromatic N) is 3. The lowest BCUT2D eigenvalue weighted by molar-refractivity contribution is -0.122. The Bertz CT molecular complexity index is 793. The fourth-order valence-corrected chi connectivity index (χ4v) is 3.43. The minimum Gasteiger partial charge on any atom is -0.359 e. The first-order valence-corrected chi connectivity index (χ1v) is 8.60. The van der Waals surface area contributed by atoms with Gasteiger partial charge in [0.15, 0.2) is 0 Å². The summed E-state index contributed by atoms with van der Waals surface area (Å²) in [6.45, 7) is 6.14. The summed E-state index contributed by atoms with van der Waals surface area (Å²) in [6, 6.07) is 7.09. The van der Waals surface area contributed by atoms with Crippen molar-refractivity contribution in [2.45, 2.75) is 38.6 Å². The molecule has 0 radical (unpaired) electrons. The van der Waals surface area contributed by atoms with Crippen LogP contribution in [0.3, 0.4) is 0 Å². The number of hydrogen-bond donors (Lipinski definition) is 1. The number of aliphatic imine (C=N–C) groups is 1. The van der Waals surface area contributed by atoms with Crippen molar-refractivity contribution in [1.82, 2.24) is 15.1 Å². The first kappa shape index (κ1) is 17.3. The van der Waals surface area contributed by atoms with E-state index in [4.69, 9.17) is 0 Å². The van der Waals surface area contributed by atoms with Crippen LogP contribution in [0.4, 0.5) is 10.2 Å². The number of carbonyl (C=O) groups excluding carboxylic acids is 1. The molecule has 1 aromatic carbocycles. The van der Waals surface area contributed by atoms with E-state index in [1.807, 2.05) is 13.0 Å². The number of amides is 1. The lowest BCUT2D eigenvalue weighted by Gasteiger charge is -2.35. The van der Waals surface area contributed by atoms with Crippen molar-refractivity contribution in [3.05, 3.63) is 35.6 Å². The third kappa shape index (κ3) is 3.48. The molecule has 0 spiro atoms. The van der Waals surface area contributed by atoms with Crippen LogP contribution in [0.5, 0.6) is 0 Å². The van der Waals surface area contributed by atoms with Crippen LogP contribution >= 0.6 is 0 Å². The number of aromatic nitrogens is 2. The molecule has 0 saturated heterocycles. The SMILES string of the molecule is C=Nc1cc(-c2ccc(C3CC(CC(=O)NC)C3)cc2F)nn1CC. The summed E-state index contributed by atoms with van der Waals surface area (Å²) in [4.78, 5) is 15.3. The molecule has 1 N–H and O–H groups in total. The second-order valence-corrected chi connectivity index (χ2v) is 6.51. The summed E-state index contributed by atoms with van der Waals surface area (Å²) in [5, 5.41) is 7.04. The molecule has 25 heavy (non-hydrogen) atoms. The third-order valence-corrected chi connectivity index (χ3v) is 4.95. The van der Waals surface area contributed by atoms with Gasteiger partial charge in [0.1, 0.15) is 11.6 Å². The maximum Gasteiger partial charge on any atom is 0.220 e. The topological polar surface area (TPSA) is 59.3 Å². The van der Waals surface area contributed by atoms with Crippen molar-refractivity contribution in [3.8, 4) is 11.3 Å². The van der Waals surface area contributed by atoms with E-state index in [-0.39, 0.29) is 11.7 Å². The van der Waals surface area contributed by atoms with E-state index in [9.17, 15) is 9.18 Å². The standard InChI is InChI=1S/C19H23FN4O/c1-4-24-18(21-2)11-17(23-24)15-6-5-13(10-16(15)20)14-7-12(8-14)9-19(25)22-3/h5-6,10-12,14H,2,4,7-9H2,1,3H3,(H,22,25). The van der Waals surface area contributed by atoms with Crippen molar-refractivity contribution in [1.29, 1.82) is 0 Å². The molecule has 1 aliphatic rings. The fraction of sp³-hybridized carbons (Fsp3) is 0.421. The molecule has 1 aliphatic carbocycles. The van der Waals surface area contributed by atoms with Gasteiger partial charge >= 0.3 is 0 Å². The zero-order valence-electron chi connectivity index (χ0n) is 14.6. The fourth-order valence-electron chi connectivity index (χ4n) is 3.43. The Morgan fingerprint density at radius 2 is 2.20 bits per heavy atom. The zero-order valence-corrected chi connectivity index (χ0v) is 14.6. The number of benzene rings is 1.